The predicted molar refractivity (Wildman–Crippen MR) is 77.4 cm³/mol. The molecule has 1 aromatic rings. The Hall–Kier alpha value is -1.00. The van der Waals surface area contributed by atoms with Gasteiger partial charge in [-0.05, 0) is 44.3 Å². The third kappa shape index (κ3) is 3.76. The van der Waals surface area contributed by atoms with Gasteiger partial charge in [-0.2, -0.15) is 0 Å². The maximum Gasteiger partial charge on any atom is 0.163 e. The molecule has 2 rings (SSSR count). The van der Waals surface area contributed by atoms with Gasteiger partial charge in [-0.1, -0.05) is 25.5 Å². The van der Waals surface area contributed by atoms with Gasteiger partial charge in [0.2, 0.25) is 0 Å². The minimum absolute atomic E-state index is 0.286. The highest BCUT2D eigenvalue weighted by molar-refractivity contribution is 5.22. The number of benzene rings is 1. The van der Waals surface area contributed by atoms with Gasteiger partial charge in [-0.15, -0.1) is 0 Å². The molecule has 2 atom stereocenters. The average molecular weight is 282 g/mol. The Kier molecular flexibility index (Phi) is 5.49. The van der Waals surface area contributed by atoms with Crippen molar-refractivity contribution in [2.75, 3.05) is 19.6 Å². The van der Waals surface area contributed by atoms with E-state index in [-0.39, 0.29) is 5.56 Å². The third-order valence-corrected chi connectivity index (χ3v) is 4.32. The molecule has 0 aliphatic carbocycles. The lowest BCUT2D eigenvalue weighted by atomic mass is 9.95. The minimum Gasteiger partial charge on any atom is -0.324 e. The largest absolute Gasteiger partial charge is 0.324 e. The van der Waals surface area contributed by atoms with Crippen molar-refractivity contribution in [1.29, 1.82) is 0 Å². The molecule has 1 aliphatic rings. The number of rotatable bonds is 5. The first-order valence-corrected chi connectivity index (χ1v) is 7.53. The molecule has 0 spiro atoms. The Labute approximate surface area is 120 Å². The van der Waals surface area contributed by atoms with Crippen LogP contribution in [0.5, 0.6) is 0 Å². The van der Waals surface area contributed by atoms with Gasteiger partial charge in [-0.3, -0.25) is 0 Å². The molecule has 0 radical (unpaired) electrons. The van der Waals surface area contributed by atoms with Crippen molar-refractivity contribution in [1.82, 2.24) is 4.90 Å². The second kappa shape index (κ2) is 7.14. The second-order valence-corrected chi connectivity index (χ2v) is 5.76. The summed E-state index contributed by atoms with van der Waals surface area (Å²) < 4.78 is 26.9. The molecular weight excluding hydrogens is 258 g/mol. The highest BCUT2D eigenvalue weighted by atomic mass is 19.2. The zero-order valence-corrected chi connectivity index (χ0v) is 12.1. The Morgan fingerprint density at radius 2 is 2.20 bits per heavy atom. The molecule has 1 aliphatic heterocycles. The van der Waals surface area contributed by atoms with Gasteiger partial charge >= 0.3 is 0 Å². The molecule has 4 heteroatoms. The van der Waals surface area contributed by atoms with E-state index >= 15 is 0 Å². The van der Waals surface area contributed by atoms with E-state index in [9.17, 15) is 8.78 Å². The molecule has 0 saturated carbocycles. The van der Waals surface area contributed by atoms with E-state index in [2.05, 4.69) is 11.8 Å². The van der Waals surface area contributed by atoms with Crippen LogP contribution in [0.1, 0.15) is 44.2 Å². The summed E-state index contributed by atoms with van der Waals surface area (Å²) >= 11 is 0. The van der Waals surface area contributed by atoms with Crippen molar-refractivity contribution in [3.63, 3.8) is 0 Å². The summed E-state index contributed by atoms with van der Waals surface area (Å²) in [5.41, 5.74) is 6.30. The van der Waals surface area contributed by atoms with Gasteiger partial charge in [0.15, 0.2) is 11.6 Å². The van der Waals surface area contributed by atoms with Crippen molar-refractivity contribution >= 4 is 0 Å². The van der Waals surface area contributed by atoms with E-state index in [0.717, 1.165) is 31.6 Å². The van der Waals surface area contributed by atoms with E-state index in [0.29, 0.717) is 6.42 Å². The number of nitrogens with two attached hydrogens (primary N) is 1. The number of nitrogens with zero attached hydrogens (tertiary/aromatic N) is 1. The van der Waals surface area contributed by atoms with E-state index in [1.54, 1.807) is 6.07 Å². The third-order valence-electron chi connectivity index (χ3n) is 4.32. The number of halogens is 2. The lowest BCUT2D eigenvalue weighted by Gasteiger charge is -2.32. The van der Waals surface area contributed by atoms with Crippen molar-refractivity contribution in [2.24, 2.45) is 11.7 Å². The minimum atomic E-state index is -0.818. The smallest absolute Gasteiger partial charge is 0.163 e. The lowest BCUT2D eigenvalue weighted by Crippen LogP contribution is -2.36. The van der Waals surface area contributed by atoms with Gasteiger partial charge in [0.05, 0.1) is 0 Å². The normalized spacial score (nSPS) is 21.9. The van der Waals surface area contributed by atoms with Crippen LogP contribution in [0.15, 0.2) is 18.2 Å². The molecule has 2 N–H and O–H groups in total. The van der Waals surface area contributed by atoms with E-state index in [1.807, 2.05) is 0 Å². The predicted octanol–water partition coefficient (Wildman–Crippen LogP) is 3.48. The number of hydrogen-bond acceptors (Lipinski definition) is 2. The quantitative estimate of drug-likeness (QED) is 0.896. The molecule has 1 saturated heterocycles. The summed E-state index contributed by atoms with van der Waals surface area (Å²) in [6, 6.07) is 3.78. The fourth-order valence-corrected chi connectivity index (χ4v) is 2.97. The van der Waals surface area contributed by atoms with E-state index in [4.69, 9.17) is 5.73 Å². The van der Waals surface area contributed by atoms with Gasteiger partial charge in [-0.25, -0.2) is 8.78 Å². The van der Waals surface area contributed by atoms with Crippen LogP contribution in [0, 0.1) is 17.6 Å². The van der Waals surface area contributed by atoms with Gasteiger partial charge < -0.3 is 10.6 Å². The molecule has 0 bridgehead atoms. The molecule has 0 aromatic heterocycles. The molecule has 112 valence electrons. The number of hydrogen-bond donors (Lipinski definition) is 1. The Bertz CT molecular complexity index is 436. The van der Waals surface area contributed by atoms with Gasteiger partial charge in [0.1, 0.15) is 0 Å². The SMILES string of the molecule is CCC1CCCN(CCC(N)c2cccc(F)c2F)C1. The van der Waals surface area contributed by atoms with Crippen LogP contribution in [-0.2, 0) is 0 Å². The summed E-state index contributed by atoms with van der Waals surface area (Å²) in [4.78, 5) is 2.40. The van der Waals surface area contributed by atoms with Crippen LogP contribution in [0.3, 0.4) is 0 Å². The molecule has 20 heavy (non-hydrogen) atoms. The van der Waals surface area contributed by atoms with Crippen LogP contribution in [-0.4, -0.2) is 24.5 Å². The van der Waals surface area contributed by atoms with Gasteiger partial charge in [0.25, 0.3) is 0 Å². The number of likely N-dealkylation sites (tertiary alicyclic amines) is 1. The first-order valence-electron chi connectivity index (χ1n) is 7.53. The second-order valence-electron chi connectivity index (χ2n) is 5.76. The standard InChI is InChI=1S/C16H24F2N2/c1-2-12-5-4-9-20(11-12)10-8-15(19)13-6-3-7-14(17)16(13)18/h3,6-7,12,15H,2,4-5,8-11,19H2,1H3. The first kappa shape index (κ1) is 15.4. The highest BCUT2D eigenvalue weighted by Crippen LogP contribution is 2.23. The Balaban J connectivity index is 1.88. The molecule has 1 aromatic carbocycles. The fraction of sp³-hybridized carbons (Fsp3) is 0.625. The summed E-state index contributed by atoms with van der Waals surface area (Å²) in [6.45, 7) is 5.28. The average Bonchev–Trinajstić information content (AvgIpc) is 2.48. The molecular formula is C16H24F2N2. The molecule has 1 heterocycles. The Morgan fingerprint density at radius 1 is 1.40 bits per heavy atom. The summed E-state index contributed by atoms with van der Waals surface area (Å²) in [5.74, 6) is -0.849. The highest BCUT2D eigenvalue weighted by Gasteiger charge is 2.20. The zero-order chi connectivity index (χ0) is 14.5. The van der Waals surface area contributed by atoms with Crippen molar-refractivity contribution < 1.29 is 8.78 Å². The number of piperidine rings is 1. The van der Waals surface area contributed by atoms with Gasteiger partial charge in [0, 0.05) is 18.2 Å². The Morgan fingerprint density at radius 3 is 2.95 bits per heavy atom. The molecule has 1 fully saturated rings. The summed E-state index contributed by atoms with van der Waals surface area (Å²) in [6.07, 6.45) is 4.40. The maximum absolute atomic E-state index is 13.7. The molecule has 2 unspecified atom stereocenters. The molecule has 2 nitrogen and oxygen atoms in total. The zero-order valence-electron chi connectivity index (χ0n) is 12.1. The van der Waals surface area contributed by atoms with E-state index < -0.39 is 17.7 Å². The van der Waals surface area contributed by atoms with Crippen LogP contribution in [0.2, 0.25) is 0 Å². The fourth-order valence-electron chi connectivity index (χ4n) is 2.97. The maximum atomic E-state index is 13.7. The summed E-state index contributed by atoms with van der Waals surface area (Å²) in [7, 11) is 0. The van der Waals surface area contributed by atoms with Crippen molar-refractivity contribution in [3.8, 4) is 0 Å². The van der Waals surface area contributed by atoms with Crippen molar-refractivity contribution in [2.45, 2.75) is 38.6 Å². The summed E-state index contributed by atoms with van der Waals surface area (Å²) in [5, 5.41) is 0. The van der Waals surface area contributed by atoms with Crippen LogP contribution < -0.4 is 5.73 Å². The monoisotopic (exact) mass is 282 g/mol. The van der Waals surface area contributed by atoms with Crippen LogP contribution in [0.4, 0.5) is 8.78 Å². The topological polar surface area (TPSA) is 29.3 Å². The van der Waals surface area contributed by atoms with Crippen LogP contribution in [0.25, 0.3) is 0 Å². The first-order chi connectivity index (χ1) is 9.61. The van der Waals surface area contributed by atoms with Crippen LogP contribution >= 0.6 is 0 Å². The lowest BCUT2D eigenvalue weighted by molar-refractivity contribution is 0.167. The molecule has 0 amide bonds. The van der Waals surface area contributed by atoms with Crippen molar-refractivity contribution in [3.05, 3.63) is 35.4 Å². The van der Waals surface area contributed by atoms with E-state index in [1.165, 1.54) is 25.3 Å².